The summed E-state index contributed by atoms with van der Waals surface area (Å²) in [4.78, 5) is 19.1. The Morgan fingerprint density at radius 2 is 2.11 bits per heavy atom. The fraction of sp³-hybridized carbons (Fsp3) is 0.350. The summed E-state index contributed by atoms with van der Waals surface area (Å²) >= 11 is 5.94. The van der Waals surface area contributed by atoms with Crippen LogP contribution in [0.2, 0.25) is 5.02 Å². The van der Waals surface area contributed by atoms with Gasteiger partial charge in [0.05, 0.1) is 6.20 Å². The van der Waals surface area contributed by atoms with E-state index < -0.39 is 0 Å². The Morgan fingerprint density at radius 3 is 2.89 bits per heavy atom. The number of piperidine rings is 1. The molecule has 6 nitrogen and oxygen atoms in total. The van der Waals surface area contributed by atoms with Gasteiger partial charge in [0.2, 0.25) is 11.8 Å². The zero-order valence-corrected chi connectivity index (χ0v) is 15.7. The van der Waals surface area contributed by atoms with E-state index in [9.17, 15) is 4.79 Å². The fourth-order valence-electron chi connectivity index (χ4n) is 3.47. The SMILES string of the molecule is O=C(Cn1cccn1)N1CCCC[C@H]1c1ncc(Cc2ccc(Cl)cc2)o1. The van der Waals surface area contributed by atoms with Gasteiger partial charge in [-0.25, -0.2) is 4.98 Å². The fourth-order valence-corrected chi connectivity index (χ4v) is 3.60. The average Bonchev–Trinajstić information content (AvgIpc) is 3.36. The minimum absolute atomic E-state index is 0.0425. The van der Waals surface area contributed by atoms with Gasteiger partial charge in [0.1, 0.15) is 18.3 Å². The number of nitrogens with zero attached hydrogens (tertiary/aromatic N) is 4. The summed E-state index contributed by atoms with van der Waals surface area (Å²) in [6, 6.07) is 9.39. The van der Waals surface area contributed by atoms with E-state index in [4.69, 9.17) is 16.0 Å². The van der Waals surface area contributed by atoms with Crippen molar-refractivity contribution in [2.75, 3.05) is 6.54 Å². The van der Waals surface area contributed by atoms with Crippen molar-refractivity contribution in [1.82, 2.24) is 19.7 Å². The summed E-state index contributed by atoms with van der Waals surface area (Å²) < 4.78 is 7.66. The first-order valence-electron chi connectivity index (χ1n) is 9.15. The van der Waals surface area contributed by atoms with Crippen molar-refractivity contribution in [2.45, 2.75) is 38.3 Å². The molecule has 1 saturated heterocycles. The Hall–Kier alpha value is -2.60. The second kappa shape index (κ2) is 7.96. The number of amides is 1. The van der Waals surface area contributed by atoms with Gasteiger partial charge in [-0.1, -0.05) is 23.7 Å². The molecule has 0 radical (unpaired) electrons. The van der Waals surface area contributed by atoms with Gasteiger partial charge >= 0.3 is 0 Å². The Bertz CT molecular complexity index is 889. The van der Waals surface area contributed by atoms with E-state index in [0.29, 0.717) is 17.3 Å². The van der Waals surface area contributed by atoms with Gasteiger partial charge in [0.15, 0.2) is 0 Å². The maximum absolute atomic E-state index is 12.8. The maximum atomic E-state index is 12.8. The lowest BCUT2D eigenvalue weighted by molar-refractivity contribution is -0.136. The van der Waals surface area contributed by atoms with Crippen LogP contribution in [0.4, 0.5) is 0 Å². The standard InChI is InChI=1S/C20H21ClN4O2/c21-16-7-5-15(6-8-16)12-17-13-22-20(27-17)18-4-1-2-11-25(18)19(26)14-24-10-3-9-23-24/h3,5-10,13,18H,1-2,4,11-12,14H2/t18-/m0/s1. The molecule has 1 aromatic carbocycles. The van der Waals surface area contributed by atoms with Crippen LogP contribution < -0.4 is 0 Å². The third kappa shape index (κ3) is 4.22. The zero-order chi connectivity index (χ0) is 18.6. The molecule has 140 valence electrons. The van der Waals surface area contributed by atoms with Crippen molar-refractivity contribution >= 4 is 17.5 Å². The highest BCUT2D eigenvalue weighted by atomic mass is 35.5. The molecule has 1 aliphatic rings. The topological polar surface area (TPSA) is 64.2 Å². The summed E-state index contributed by atoms with van der Waals surface area (Å²) in [6.45, 7) is 0.960. The van der Waals surface area contributed by atoms with Crippen molar-refractivity contribution in [3.63, 3.8) is 0 Å². The second-order valence-electron chi connectivity index (χ2n) is 6.77. The van der Waals surface area contributed by atoms with E-state index in [1.165, 1.54) is 0 Å². The summed E-state index contributed by atoms with van der Waals surface area (Å²) in [5.74, 6) is 1.45. The number of aromatic nitrogens is 3. The van der Waals surface area contributed by atoms with Crippen LogP contribution in [0.1, 0.15) is 42.5 Å². The number of carbonyl (C=O) groups is 1. The van der Waals surface area contributed by atoms with E-state index >= 15 is 0 Å². The predicted octanol–water partition coefficient (Wildman–Crippen LogP) is 3.87. The molecule has 1 amide bonds. The first kappa shape index (κ1) is 17.8. The van der Waals surface area contributed by atoms with Crippen LogP contribution in [0.15, 0.2) is 53.3 Å². The molecule has 1 fully saturated rings. The number of hydrogen-bond donors (Lipinski definition) is 0. The lowest BCUT2D eigenvalue weighted by Crippen LogP contribution is -2.40. The predicted molar refractivity (Wildman–Crippen MR) is 101 cm³/mol. The smallest absolute Gasteiger partial charge is 0.244 e. The first-order valence-corrected chi connectivity index (χ1v) is 9.53. The van der Waals surface area contributed by atoms with E-state index in [1.807, 2.05) is 35.2 Å². The molecule has 0 unspecified atom stereocenters. The van der Waals surface area contributed by atoms with Crippen LogP contribution in [-0.2, 0) is 17.8 Å². The van der Waals surface area contributed by atoms with Crippen LogP contribution >= 0.6 is 11.6 Å². The molecule has 0 saturated carbocycles. The molecule has 1 aliphatic heterocycles. The summed E-state index contributed by atoms with van der Waals surface area (Å²) in [7, 11) is 0. The number of benzene rings is 1. The van der Waals surface area contributed by atoms with Crippen molar-refractivity contribution in [3.05, 3.63) is 71.2 Å². The number of halogens is 1. The maximum Gasteiger partial charge on any atom is 0.244 e. The van der Waals surface area contributed by atoms with Gasteiger partial charge in [-0.2, -0.15) is 5.10 Å². The monoisotopic (exact) mass is 384 g/mol. The highest BCUT2D eigenvalue weighted by molar-refractivity contribution is 6.30. The number of likely N-dealkylation sites (tertiary alicyclic amines) is 1. The highest BCUT2D eigenvalue weighted by Gasteiger charge is 2.31. The lowest BCUT2D eigenvalue weighted by atomic mass is 10.0. The quantitative estimate of drug-likeness (QED) is 0.669. The van der Waals surface area contributed by atoms with Crippen LogP contribution in [-0.4, -0.2) is 32.1 Å². The van der Waals surface area contributed by atoms with Crippen molar-refractivity contribution in [3.8, 4) is 0 Å². The largest absolute Gasteiger partial charge is 0.443 e. The van der Waals surface area contributed by atoms with Gasteiger partial charge in [0, 0.05) is 30.4 Å². The van der Waals surface area contributed by atoms with Crippen LogP contribution in [0.3, 0.4) is 0 Å². The van der Waals surface area contributed by atoms with E-state index in [-0.39, 0.29) is 18.5 Å². The van der Waals surface area contributed by atoms with Gasteiger partial charge in [-0.3, -0.25) is 9.48 Å². The summed E-state index contributed by atoms with van der Waals surface area (Å²) in [5, 5.41) is 4.84. The molecule has 2 aromatic heterocycles. The molecule has 0 spiro atoms. The zero-order valence-electron chi connectivity index (χ0n) is 14.9. The number of hydrogen-bond acceptors (Lipinski definition) is 4. The molecular weight excluding hydrogens is 364 g/mol. The van der Waals surface area contributed by atoms with E-state index in [0.717, 1.165) is 37.1 Å². The van der Waals surface area contributed by atoms with Crippen molar-refractivity contribution in [2.24, 2.45) is 0 Å². The van der Waals surface area contributed by atoms with E-state index in [2.05, 4.69) is 10.1 Å². The lowest BCUT2D eigenvalue weighted by Gasteiger charge is -2.33. The number of carbonyl (C=O) groups excluding carboxylic acids is 1. The molecule has 0 bridgehead atoms. The molecular formula is C20H21ClN4O2. The Labute approximate surface area is 162 Å². The molecule has 0 aliphatic carbocycles. The van der Waals surface area contributed by atoms with Crippen LogP contribution in [0.5, 0.6) is 0 Å². The van der Waals surface area contributed by atoms with Crippen LogP contribution in [0, 0.1) is 0 Å². The number of rotatable bonds is 5. The third-order valence-corrected chi connectivity index (χ3v) is 5.08. The third-order valence-electron chi connectivity index (χ3n) is 4.83. The molecule has 27 heavy (non-hydrogen) atoms. The van der Waals surface area contributed by atoms with Crippen molar-refractivity contribution in [1.29, 1.82) is 0 Å². The minimum Gasteiger partial charge on any atom is -0.443 e. The van der Waals surface area contributed by atoms with Gasteiger partial charge < -0.3 is 9.32 Å². The first-order chi connectivity index (χ1) is 13.2. The highest BCUT2D eigenvalue weighted by Crippen LogP contribution is 2.31. The number of oxazole rings is 1. The van der Waals surface area contributed by atoms with Crippen molar-refractivity contribution < 1.29 is 9.21 Å². The Kier molecular flexibility index (Phi) is 5.25. The van der Waals surface area contributed by atoms with Gasteiger partial charge in [0.25, 0.3) is 0 Å². The van der Waals surface area contributed by atoms with Crippen LogP contribution in [0.25, 0.3) is 0 Å². The molecule has 3 heterocycles. The Morgan fingerprint density at radius 1 is 1.26 bits per heavy atom. The minimum atomic E-state index is -0.110. The van der Waals surface area contributed by atoms with E-state index in [1.54, 1.807) is 23.3 Å². The summed E-state index contributed by atoms with van der Waals surface area (Å²) in [5.41, 5.74) is 1.11. The molecule has 4 rings (SSSR count). The van der Waals surface area contributed by atoms with Gasteiger partial charge in [-0.15, -0.1) is 0 Å². The normalized spacial score (nSPS) is 17.2. The molecule has 1 atom stereocenters. The Balaban J connectivity index is 1.47. The summed E-state index contributed by atoms with van der Waals surface area (Å²) in [6.07, 6.45) is 8.81. The average molecular weight is 385 g/mol. The molecule has 3 aromatic rings. The van der Waals surface area contributed by atoms with Gasteiger partial charge in [-0.05, 0) is 43.0 Å². The molecule has 0 N–H and O–H groups in total. The second-order valence-corrected chi connectivity index (χ2v) is 7.21. The molecule has 7 heteroatoms.